The zero-order chi connectivity index (χ0) is 13.1. The first-order valence-electron chi connectivity index (χ1n) is 4.57. The molecule has 1 rings (SSSR count). The molecule has 0 fully saturated rings. The van der Waals surface area contributed by atoms with Gasteiger partial charge in [-0.3, -0.25) is 4.72 Å². The quantitative estimate of drug-likeness (QED) is 0.850. The van der Waals surface area contributed by atoms with E-state index in [0.717, 1.165) is 6.07 Å². The van der Waals surface area contributed by atoms with Crippen molar-refractivity contribution in [3.63, 3.8) is 0 Å². The molecule has 0 spiro atoms. The highest BCUT2D eigenvalue weighted by molar-refractivity contribution is 7.92. The minimum absolute atomic E-state index is 0.167. The molecule has 0 saturated heterocycles. The zero-order valence-corrected chi connectivity index (χ0v) is 10.8. The van der Waals surface area contributed by atoms with Gasteiger partial charge in [0.2, 0.25) is 10.0 Å². The van der Waals surface area contributed by atoms with Gasteiger partial charge in [0.1, 0.15) is 11.5 Å². The van der Waals surface area contributed by atoms with E-state index < -0.39 is 27.3 Å². The summed E-state index contributed by atoms with van der Waals surface area (Å²) in [4.78, 5) is 0. The molecule has 0 unspecified atom stereocenters. The largest absolute Gasteiger partial charge is 0.279 e. The molecule has 0 heterocycles. The van der Waals surface area contributed by atoms with Crippen molar-refractivity contribution in [1.29, 1.82) is 0 Å². The van der Waals surface area contributed by atoms with E-state index in [0.29, 0.717) is 6.07 Å². The number of alkyl halides is 1. The van der Waals surface area contributed by atoms with E-state index in [4.69, 9.17) is 23.2 Å². The summed E-state index contributed by atoms with van der Waals surface area (Å²) in [6.45, 7) is 0. The molecule has 8 heteroatoms. The number of nitrogens with one attached hydrogen (secondary N) is 1. The summed E-state index contributed by atoms with van der Waals surface area (Å²) in [7, 11) is -3.74. The van der Waals surface area contributed by atoms with Crippen molar-refractivity contribution < 1.29 is 17.2 Å². The van der Waals surface area contributed by atoms with Crippen LogP contribution in [0.2, 0.25) is 5.02 Å². The average molecular weight is 304 g/mol. The minimum atomic E-state index is -3.74. The fourth-order valence-corrected chi connectivity index (χ4v) is 2.83. The first-order chi connectivity index (χ1) is 7.85. The van der Waals surface area contributed by atoms with Crippen molar-refractivity contribution in [2.45, 2.75) is 6.42 Å². The van der Waals surface area contributed by atoms with Crippen LogP contribution in [0, 0.1) is 11.6 Å². The third kappa shape index (κ3) is 4.29. The lowest BCUT2D eigenvalue weighted by atomic mass is 10.3. The molecule has 3 nitrogen and oxygen atoms in total. The van der Waals surface area contributed by atoms with E-state index in [1.54, 1.807) is 0 Å². The highest BCUT2D eigenvalue weighted by atomic mass is 35.5. The van der Waals surface area contributed by atoms with Crippen LogP contribution in [0.15, 0.2) is 12.1 Å². The smallest absolute Gasteiger partial charge is 0.232 e. The molecule has 0 aliphatic heterocycles. The number of sulfonamides is 1. The zero-order valence-electron chi connectivity index (χ0n) is 8.51. The van der Waals surface area contributed by atoms with Crippen molar-refractivity contribution in [3.8, 4) is 0 Å². The number of anilines is 1. The second-order valence-electron chi connectivity index (χ2n) is 3.21. The van der Waals surface area contributed by atoms with E-state index >= 15 is 0 Å². The number of hydrogen-bond acceptors (Lipinski definition) is 2. The van der Waals surface area contributed by atoms with Crippen LogP contribution < -0.4 is 4.72 Å². The van der Waals surface area contributed by atoms with Crippen molar-refractivity contribution >= 4 is 38.9 Å². The van der Waals surface area contributed by atoms with Gasteiger partial charge in [0.05, 0.1) is 10.8 Å². The van der Waals surface area contributed by atoms with Crippen molar-refractivity contribution in [2.24, 2.45) is 0 Å². The van der Waals surface area contributed by atoms with Gasteiger partial charge in [-0.05, 0) is 12.5 Å². The number of benzene rings is 1. The summed E-state index contributed by atoms with van der Waals surface area (Å²) in [5.41, 5.74) is -0.456. The molecule has 0 aliphatic carbocycles. The lowest BCUT2D eigenvalue weighted by molar-refractivity contribution is 0.582. The molecule has 1 aromatic carbocycles. The van der Waals surface area contributed by atoms with Gasteiger partial charge in [0.15, 0.2) is 5.82 Å². The predicted octanol–water partition coefficient (Wildman–Crippen LogP) is 2.99. The fraction of sp³-hybridized carbons (Fsp3) is 0.333. The highest BCUT2D eigenvalue weighted by Gasteiger charge is 2.16. The monoisotopic (exact) mass is 303 g/mol. The molecule has 17 heavy (non-hydrogen) atoms. The van der Waals surface area contributed by atoms with Gasteiger partial charge in [-0.2, -0.15) is 0 Å². The number of halogens is 4. The second kappa shape index (κ2) is 5.84. The molecular weight excluding hydrogens is 295 g/mol. The topological polar surface area (TPSA) is 46.2 Å². The van der Waals surface area contributed by atoms with Crippen LogP contribution in [-0.2, 0) is 10.0 Å². The van der Waals surface area contributed by atoms with Crippen molar-refractivity contribution in [1.82, 2.24) is 0 Å². The Labute approximate surface area is 108 Å². The summed E-state index contributed by atoms with van der Waals surface area (Å²) in [5, 5.41) is -0.336. The summed E-state index contributed by atoms with van der Waals surface area (Å²) >= 11 is 10.9. The first kappa shape index (κ1) is 14.5. The maximum absolute atomic E-state index is 13.3. The molecule has 0 atom stereocenters. The maximum atomic E-state index is 13.3. The standard InChI is InChI=1S/C9H9Cl2F2NO2S/c10-2-1-3-17(15,16)14-9-7(11)4-6(12)5-8(9)13/h4-5,14H,1-3H2. The van der Waals surface area contributed by atoms with Gasteiger partial charge in [0, 0.05) is 11.9 Å². The number of rotatable bonds is 5. The Kier molecular flexibility index (Phi) is 4.97. The lowest BCUT2D eigenvalue weighted by Crippen LogP contribution is -2.18. The number of hydrogen-bond donors (Lipinski definition) is 1. The molecule has 1 aromatic rings. The summed E-state index contributed by atoms with van der Waals surface area (Å²) < 4.78 is 50.9. The molecule has 96 valence electrons. The normalized spacial score (nSPS) is 11.5. The van der Waals surface area contributed by atoms with Gasteiger partial charge in [-0.15, -0.1) is 11.6 Å². The van der Waals surface area contributed by atoms with Crippen molar-refractivity contribution in [2.75, 3.05) is 16.4 Å². The molecule has 0 radical (unpaired) electrons. The van der Waals surface area contributed by atoms with Gasteiger partial charge in [-0.25, -0.2) is 17.2 Å². The SMILES string of the molecule is O=S(=O)(CCCCl)Nc1c(F)cc(F)cc1Cl. The molecule has 0 aliphatic rings. The van der Waals surface area contributed by atoms with Gasteiger partial charge in [-0.1, -0.05) is 11.6 Å². The van der Waals surface area contributed by atoms with Crippen molar-refractivity contribution in [3.05, 3.63) is 28.8 Å². The third-order valence-corrected chi connectivity index (χ3v) is 3.72. The van der Waals surface area contributed by atoms with Crippen LogP contribution in [0.5, 0.6) is 0 Å². The highest BCUT2D eigenvalue weighted by Crippen LogP contribution is 2.27. The Morgan fingerprint density at radius 2 is 1.94 bits per heavy atom. The fourth-order valence-electron chi connectivity index (χ4n) is 1.09. The van der Waals surface area contributed by atoms with E-state index in [9.17, 15) is 17.2 Å². The average Bonchev–Trinajstić information content (AvgIpc) is 2.21. The van der Waals surface area contributed by atoms with Crippen LogP contribution in [0.3, 0.4) is 0 Å². The van der Waals surface area contributed by atoms with Crippen LogP contribution >= 0.6 is 23.2 Å². The van der Waals surface area contributed by atoms with Crippen LogP contribution in [-0.4, -0.2) is 20.1 Å². The molecule has 0 amide bonds. The maximum Gasteiger partial charge on any atom is 0.232 e. The molecule has 0 saturated carbocycles. The Morgan fingerprint density at radius 1 is 1.29 bits per heavy atom. The summed E-state index contributed by atoms with van der Waals surface area (Å²) in [5.74, 6) is -2.04. The van der Waals surface area contributed by atoms with E-state index in [2.05, 4.69) is 0 Å². The van der Waals surface area contributed by atoms with Crippen LogP contribution in [0.1, 0.15) is 6.42 Å². The summed E-state index contributed by atoms with van der Waals surface area (Å²) in [6.07, 6.45) is 0.220. The Morgan fingerprint density at radius 3 is 2.47 bits per heavy atom. The molecular formula is C9H9Cl2F2NO2S. The van der Waals surface area contributed by atoms with E-state index in [-0.39, 0.29) is 23.1 Å². The van der Waals surface area contributed by atoms with Crippen LogP contribution in [0.25, 0.3) is 0 Å². The Hall–Kier alpha value is -0.590. The van der Waals surface area contributed by atoms with Gasteiger partial charge >= 0.3 is 0 Å². The first-order valence-corrected chi connectivity index (χ1v) is 7.13. The van der Waals surface area contributed by atoms with Gasteiger partial charge in [0.25, 0.3) is 0 Å². The molecule has 0 aromatic heterocycles. The Bertz CT molecular complexity index is 485. The third-order valence-electron chi connectivity index (χ3n) is 1.81. The van der Waals surface area contributed by atoms with E-state index in [1.165, 1.54) is 0 Å². The van der Waals surface area contributed by atoms with E-state index in [1.807, 2.05) is 4.72 Å². The lowest BCUT2D eigenvalue weighted by Gasteiger charge is -2.10. The Balaban J connectivity index is 2.96. The predicted molar refractivity (Wildman–Crippen MR) is 64.1 cm³/mol. The molecule has 1 N–H and O–H groups in total. The summed E-state index contributed by atoms with van der Waals surface area (Å²) in [6, 6.07) is 1.37. The minimum Gasteiger partial charge on any atom is -0.279 e. The van der Waals surface area contributed by atoms with Crippen LogP contribution in [0.4, 0.5) is 14.5 Å². The molecule has 0 bridgehead atoms. The van der Waals surface area contributed by atoms with Gasteiger partial charge < -0.3 is 0 Å². The second-order valence-corrected chi connectivity index (χ2v) is 5.83.